The minimum absolute atomic E-state index is 0.118. The summed E-state index contributed by atoms with van der Waals surface area (Å²) in [5.74, 6) is -3.42. The number of aryl methyl sites for hydroxylation is 1. The quantitative estimate of drug-likeness (QED) is 0.669. The SMILES string of the molecule is Cc1ccc(F)c(NC(=O)N[C@H](C(=O)O)[C@@H](C)O)c1F. The third kappa shape index (κ3) is 3.64. The zero-order valence-electron chi connectivity index (χ0n) is 10.8. The fourth-order valence-corrected chi connectivity index (χ4v) is 1.45. The van der Waals surface area contributed by atoms with Crippen molar-refractivity contribution in [3.63, 3.8) is 0 Å². The number of carbonyl (C=O) groups excluding carboxylic acids is 1. The standard InChI is InChI=1S/C12H14F2N2O4/c1-5-3-4-7(13)10(8(5)14)16-12(20)15-9(6(2)17)11(18)19/h3-4,6,9,17H,1-2H3,(H,18,19)(H2,15,16,20)/t6-,9+/m1/s1. The highest BCUT2D eigenvalue weighted by molar-refractivity contribution is 5.92. The van der Waals surface area contributed by atoms with Crippen LogP contribution in [0.4, 0.5) is 19.3 Å². The number of carboxylic acids is 1. The molecule has 1 rings (SSSR count). The summed E-state index contributed by atoms with van der Waals surface area (Å²) in [7, 11) is 0. The Morgan fingerprint density at radius 2 is 1.90 bits per heavy atom. The summed E-state index contributed by atoms with van der Waals surface area (Å²) in [6.07, 6.45) is -1.37. The molecule has 0 radical (unpaired) electrons. The fraction of sp³-hybridized carbons (Fsp3) is 0.333. The van der Waals surface area contributed by atoms with Crippen LogP contribution in [0.3, 0.4) is 0 Å². The van der Waals surface area contributed by atoms with Crippen molar-refractivity contribution < 1.29 is 28.6 Å². The first-order chi connectivity index (χ1) is 9.23. The van der Waals surface area contributed by atoms with E-state index in [9.17, 15) is 23.5 Å². The first-order valence-electron chi connectivity index (χ1n) is 5.67. The van der Waals surface area contributed by atoms with Crippen LogP contribution in [-0.4, -0.2) is 34.4 Å². The monoisotopic (exact) mass is 288 g/mol. The minimum Gasteiger partial charge on any atom is -0.480 e. The van der Waals surface area contributed by atoms with Crippen LogP contribution in [0.25, 0.3) is 0 Å². The molecule has 0 aromatic heterocycles. The van der Waals surface area contributed by atoms with Crippen LogP contribution < -0.4 is 10.6 Å². The number of carbonyl (C=O) groups is 2. The van der Waals surface area contributed by atoms with Gasteiger partial charge in [0.1, 0.15) is 11.5 Å². The Balaban J connectivity index is 2.87. The number of carboxylic acid groups (broad SMARTS) is 1. The second-order valence-electron chi connectivity index (χ2n) is 4.21. The normalized spacial score (nSPS) is 13.4. The molecule has 4 N–H and O–H groups in total. The number of aliphatic carboxylic acids is 1. The van der Waals surface area contributed by atoms with E-state index in [-0.39, 0.29) is 5.56 Å². The van der Waals surface area contributed by atoms with Crippen molar-refractivity contribution in [1.29, 1.82) is 0 Å². The molecule has 0 bridgehead atoms. The molecular weight excluding hydrogens is 274 g/mol. The Morgan fingerprint density at radius 1 is 1.30 bits per heavy atom. The zero-order valence-corrected chi connectivity index (χ0v) is 10.8. The van der Waals surface area contributed by atoms with E-state index >= 15 is 0 Å². The lowest BCUT2D eigenvalue weighted by atomic mass is 10.2. The number of rotatable bonds is 4. The molecule has 2 amide bonds. The van der Waals surface area contributed by atoms with Crippen LogP contribution in [0.15, 0.2) is 12.1 Å². The number of amides is 2. The van der Waals surface area contributed by atoms with Gasteiger partial charge >= 0.3 is 12.0 Å². The number of hydrogen-bond donors (Lipinski definition) is 4. The van der Waals surface area contributed by atoms with Gasteiger partial charge in [0.2, 0.25) is 0 Å². The van der Waals surface area contributed by atoms with E-state index in [1.54, 1.807) is 0 Å². The lowest BCUT2D eigenvalue weighted by molar-refractivity contribution is -0.141. The molecule has 1 aromatic rings. The van der Waals surface area contributed by atoms with Crippen molar-refractivity contribution in [3.05, 3.63) is 29.3 Å². The smallest absolute Gasteiger partial charge is 0.328 e. The Morgan fingerprint density at radius 3 is 2.40 bits per heavy atom. The van der Waals surface area contributed by atoms with Gasteiger partial charge in [-0.1, -0.05) is 6.07 Å². The highest BCUT2D eigenvalue weighted by Gasteiger charge is 2.25. The summed E-state index contributed by atoms with van der Waals surface area (Å²) >= 11 is 0. The highest BCUT2D eigenvalue weighted by Crippen LogP contribution is 2.21. The first kappa shape index (κ1) is 15.8. The van der Waals surface area contributed by atoms with Gasteiger partial charge in [-0.3, -0.25) is 0 Å². The molecule has 110 valence electrons. The van der Waals surface area contributed by atoms with Gasteiger partial charge in [0.15, 0.2) is 11.9 Å². The van der Waals surface area contributed by atoms with Crippen LogP contribution in [-0.2, 0) is 4.79 Å². The maximum Gasteiger partial charge on any atom is 0.328 e. The molecular formula is C12H14F2N2O4. The molecule has 8 heteroatoms. The average Bonchev–Trinajstić information content (AvgIpc) is 2.35. The van der Waals surface area contributed by atoms with Crippen molar-refractivity contribution in [2.45, 2.75) is 26.0 Å². The summed E-state index contributed by atoms with van der Waals surface area (Å²) in [5, 5.41) is 21.7. The molecule has 0 aliphatic heterocycles. The summed E-state index contributed by atoms with van der Waals surface area (Å²) in [5.41, 5.74) is -0.566. The maximum atomic E-state index is 13.6. The van der Waals surface area contributed by atoms with E-state index in [0.29, 0.717) is 0 Å². The van der Waals surface area contributed by atoms with Gasteiger partial charge in [-0.05, 0) is 25.5 Å². The highest BCUT2D eigenvalue weighted by atomic mass is 19.1. The summed E-state index contributed by atoms with van der Waals surface area (Å²) in [6.45, 7) is 2.54. The molecule has 6 nitrogen and oxygen atoms in total. The predicted octanol–water partition coefficient (Wildman–Crippen LogP) is 1.23. The van der Waals surface area contributed by atoms with Gasteiger partial charge in [-0.2, -0.15) is 0 Å². The molecule has 0 saturated heterocycles. The molecule has 0 aliphatic carbocycles. The van der Waals surface area contributed by atoms with Crippen LogP contribution in [0.2, 0.25) is 0 Å². The van der Waals surface area contributed by atoms with E-state index in [0.717, 1.165) is 13.0 Å². The van der Waals surface area contributed by atoms with Gasteiger partial charge in [-0.15, -0.1) is 0 Å². The summed E-state index contributed by atoms with van der Waals surface area (Å²) in [6, 6.07) is -0.561. The zero-order chi connectivity index (χ0) is 15.4. The largest absolute Gasteiger partial charge is 0.480 e. The summed E-state index contributed by atoms with van der Waals surface area (Å²) < 4.78 is 27.0. The van der Waals surface area contributed by atoms with Crippen molar-refractivity contribution in [2.24, 2.45) is 0 Å². The third-order valence-electron chi connectivity index (χ3n) is 2.56. The van der Waals surface area contributed by atoms with Crippen LogP contribution in [0.5, 0.6) is 0 Å². The summed E-state index contributed by atoms with van der Waals surface area (Å²) in [4.78, 5) is 22.3. The molecule has 2 atom stereocenters. The number of halogens is 2. The number of anilines is 1. The molecule has 0 saturated carbocycles. The molecule has 0 fully saturated rings. The van der Waals surface area contributed by atoms with Crippen LogP contribution in [0, 0.1) is 18.6 Å². The molecule has 0 heterocycles. The Kier molecular flexibility index (Phi) is 4.98. The molecule has 1 aromatic carbocycles. The Hall–Kier alpha value is -2.22. The molecule has 0 unspecified atom stereocenters. The van der Waals surface area contributed by atoms with E-state index in [2.05, 4.69) is 0 Å². The van der Waals surface area contributed by atoms with Gasteiger partial charge in [0.05, 0.1) is 6.10 Å². The topological polar surface area (TPSA) is 98.7 Å². The lowest BCUT2D eigenvalue weighted by Gasteiger charge is -2.18. The number of benzene rings is 1. The van der Waals surface area contributed by atoms with E-state index < -0.39 is 41.5 Å². The van der Waals surface area contributed by atoms with Crippen molar-refractivity contribution in [2.75, 3.05) is 5.32 Å². The van der Waals surface area contributed by atoms with Gasteiger partial charge in [0, 0.05) is 0 Å². The number of aliphatic hydroxyl groups is 1. The Bertz CT molecular complexity index is 534. The second-order valence-corrected chi connectivity index (χ2v) is 4.21. The number of nitrogens with one attached hydrogen (secondary N) is 2. The second kappa shape index (κ2) is 6.29. The third-order valence-corrected chi connectivity index (χ3v) is 2.56. The van der Waals surface area contributed by atoms with Gasteiger partial charge < -0.3 is 20.8 Å². The van der Waals surface area contributed by atoms with Gasteiger partial charge in [0.25, 0.3) is 0 Å². The molecule has 20 heavy (non-hydrogen) atoms. The van der Waals surface area contributed by atoms with Crippen LogP contribution >= 0.6 is 0 Å². The van der Waals surface area contributed by atoms with Crippen LogP contribution in [0.1, 0.15) is 12.5 Å². The minimum atomic E-state index is -1.59. The number of hydrogen-bond acceptors (Lipinski definition) is 3. The van der Waals surface area contributed by atoms with E-state index in [1.165, 1.54) is 13.0 Å². The molecule has 0 spiro atoms. The lowest BCUT2D eigenvalue weighted by Crippen LogP contribution is -2.49. The van der Waals surface area contributed by atoms with Crippen molar-refractivity contribution >= 4 is 17.7 Å². The number of urea groups is 1. The van der Waals surface area contributed by atoms with E-state index in [1.807, 2.05) is 10.6 Å². The molecule has 0 aliphatic rings. The van der Waals surface area contributed by atoms with Gasteiger partial charge in [-0.25, -0.2) is 18.4 Å². The Labute approximate surface area is 113 Å². The predicted molar refractivity (Wildman–Crippen MR) is 66.4 cm³/mol. The average molecular weight is 288 g/mol. The maximum absolute atomic E-state index is 13.6. The fourth-order valence-electron chi connectivity index (χ4n) is 1.45. The van der Waals surface area contributed by atoms with Crippen molar-refractivity contribution in [3.8, 4) is 0 Å². The first-order valence-corrected chi connectivity index (χ1v) is 5.67. The van der Waals surface area contributed by atoms with Crippen molar-refractivity contribution in [1.82, 2.24) is 5.32 Å². The number of aliphatic hydroxyl groups excluding tert-OH is 1. The van der Waals surface area contributed by atoms with E-state index in [4.69, 9.17) is 5.11 Å².